The van der Waals surface area contributed by atoms with E-state index in [9.17, 15) is 18.0 Å². The number of hydrogen-bond acceptors (Lipinski definition) is 5. The molecule has 0 spiro atoms. The number of benzene rings is 1. The number of nitrogens with zero attached hydrogens (tertiary/aromatic N) is 2. The molecule has 0 aromatic heterocycles. The van der Waals surface area contributed by atoms with Crippen LogP contribution in [0.3, 0.4) is 0 Å². The first-order valence-corrected chi connectivity index (χ1v) is 11.2. The van der Waals surface area contributed by atoms with E-state index in [4.69, 9.17) is 0 Å². The van der Waals surface area contributed by atoms with Gasteiger partial charge < -0.3 is 10.2 Å². The number of fused-ring (bicyclic) bond motifs is 1. The van der Waals surface area contributed by atoms with Crippen LogP contribution in [-0.4, -0.2) is 56.1 Å². The Morgan fingerprint density at radius 3 is 2.52 bits per heavy atom. The third-order valence-electron chi connectivity index (χ3n) is 4.34. The van der Waals surface area contributed by atoms with Crippen molar-refractivity contribution in [1.29, 1.82) is 0 Å². The molecule has 0 aliphatic carbocycles. The van der Waals surface area contributed by atoms with E-state index in [0.717, 1.165) is 12.8 Å². The molecule has 29 heavy (non-hydrogen) atoms. The molecule has 0 saturated heterocycles. The maximum atomic E-state index is 13.0. The van der Waals surface area contributed by atoms with Crippen molar-refractivity contribution in [3.05, 3.63) is 29.8 Å². The minimum absolute atomic E-state index is 0.0914. The van der Waals surface area contributed by atoms with Gasteiger partial charge in [0, 0.05) is 18.2 Å². The van der Waals surface area contributed by atoms with Crippen LogP contribution < -0.4 is 10.0 Å². The first-order valence-electron chi connectivity index (χ1n) is 9.70. The summed E-state index contributed by atoms with van der Waals surface area (Å²) in [5.74, 6) is -0.414. The average molecular weight is 423 g/mol. The van der Waals surface area contributed by atoms with Crippen molar-refractivity contribution >= 4 is 27.7 Å². The van der Waals surface area contributed by atoms with Crippen molar-refractivity contribution in [3.63, 3.8) is 0 Å². The SMILES string of the molecule is CCCCC(N=C1NS(=O)(=O)c2ccccc21)C(=O)N(C)CC(=O)NC(C)(C)C. The molecule has 1 aromatic rings. The summed E-state index contributed by atoms with van der Waals surface area (Å²) in [6.07, 6.45) is 2.09. The van der Waals surface area contributed by atoms with Gasteiger partial charge in [0.25, 0.3) is 10.0 Å². The summed E-state index contributed by atoms with van der Waals surface area (Å²) in [4.78, 5) is 31.1. The predicted molar refractivity (Wildman–Crippen MR) is 112 cm³/mol. The molecule has 160 valence electrons. The number of rotatable bonds is 7. The van der Waals surface area contributed by atoms with E-state index in [1.807, 2.05) is 27.7 Å². The molecule has 1 aliphatic heterocycles. The second kappa shape index (κ2) is 8.94. The maximum absolute atomic E-state index is 13.0. The Bertz CT molecular complexity index is 903. The third kappa shape index (κ3) is 6.03. The summed E-state index contributed by atoms with van der Waals surface area (Å²) in [7, 11) is -2.12. The van der Waals surface area contributed by atoms with Gasteiger partial charge in [-0.25, -0.2) is 8.42 Å². The zero-order valence-electron chi connectivity index (χ0n) is 17.7. The van der Waals surface area contributed by atoms with E-state index >= 15 is 0 Å². The molecule has 0 radical (unpaired) electrons. The van der Waals surface area contributed by atoms with Crippen LogP contribution in [0.25, 0.3) is 0 Å². The molecule has 0 fully saturated rings. The fourth-order valence-electron chi connectivity index (χ4n) is 3.03. The monoisotopic (exact) mass is 422 g/mol. The molecule has 0 saturated carbocycles. The number of amides is 2. The molecule has 2 rings (SSSR count). The number of nitrogens with one attached hydrogen (secondary N) is 2. The molecule has 1 aliphatic rings. The number of aliphatic imine (C=N–C) groups is 1. The standard InChI is InChI=1S/C20H30N4O4S/c1-6-7-11-15(19(26)24(5)13-17(25)22-20(2,3)4)21-18-14-10-8-9-12-16(14)29(27,28)23-18/h8-10,12,15H,6-7,11,13H2,1-5H3,(H,21,23)(H,22,25). The number of amidine groups is 1. The lowest BCUT2D eigenvalue weighted by Crippen LogP contribution is -2.48. The van der Waals surface area contributed by atoms with E-state index < -0.39 is 21.6 Å². The number of unbranched alkanes of at least 4 members (excludes halogenated alkanes) is 1. The minimum atomic E-state index is -3.68. The Morgan fingerprint density at radius 1 is 1.24 bits per heavy atom. The summed E-state index contributed by atoms with van der Waals surface area (Å²) in [5, 5.41) is 2.82. The largest absolute Gasteiger partial charge is 0.350 e. The number of carbonyl (C=O) groups is 2. The first kappa shape index (κ1) is 22.9. The van der Waals surface area contributed by atoms with Crippen LogP contribution in [0.1, 0.15) is 52.5 Å². The van der Waals surface area contributed by atoms with Gasteiger partial charge in [-0.2, -0.15) is 0 Å². The minimum Gasteiger partial charge on any atom is -0.350 e. The first-order chi connectivity index (χ1) is 13.4. The fraction of sp³-hybridized carbons (Fsp3) is 0.550. The molecular formula is C20H30N4O4S. The van der Waals surface area contributed by atoms with Crippen LogP contribution in [0.2, 0.25) is 0 Å². The highest BCUT2D eigenvalue weighted by Gasteiger charge is 2.32. The van der Waals surface area contributed by atoms with Crippen LogP contribution in [0, 0.1) is 0 Å². The smallest absolute Gasteiger partial charge is 0.263 e. The van der Waals surface area contributed by atoms with Crippen LogP contribution in [0.15, 0.2) is 34.2 Å². The maximum Gasteiger partial charge on any atom is 0.263 e. The molecule has 9 heteroatoms. The van der Waals surface area contributed by atoms with Gasteiger partial charge in [0.05, 0.1) is 11.4 Å². The van der Waals surface area contributed by atoms with Gasteiger partial charge in [-0.1, -0.05) is 31.9 Å². The number of sulfonamides is 1. The summed E-state index contributed by atoms with van der Waals surface area (Å²) in [6, 6.07) is 5.76. The van der Waals surface area contributed by atoms with Gasteiger partial charge in [-0.3, -0.25) is 19.3 Å². The number of likely N-dealkylation sites (N-methyl/N-ethyl adjacent to an activating group) is 1. The van der Waals surface area contributed by atoms with Gasteiger partial charge in [-0.05, 0) is 39.3 Å². The summed E-state index contributed by atoms with van der Waals surface area (Å²) in [5.41, 5.74) is 0.0594. The topological polar surface area (TPSA) is 108 Å². The van der Waals surface area contributed by atoms with Gasteiger partial charge in [0.2, 0.25) is 11.8 Å². The zero-order chi connectivity index (χ0) is 21.8. The number of carbonyl (C=O) groups excluding carboxylic acids is 2. The lowest BCUT2D eigenvalue weighted by atomic mass is 10.1. The van der Waals surface area contributed by atoms with Crippen molar-refractivity contribution in [1.82, 2.24) is 14.9 Å². The molecule has 2 N–H and O–H groups in total. The van der Waals surface area contributed by atoms with Crippen molar-refractivity contribution in [2.45, 2.75) is 63.4 Å². The normalized spacial score (nSPS) is 17.3. The molecule has 1 aromatic carbocycles. The highest BCUT2D eigenvalue weighted by Crippen LogP contribution is 2.23. The molecular weight excluding hydrogens is 392 g/mol. The van der Waals surface area contributed by atoms with E-state index in [1.165, 1.54) is 11.0 Å². The van der Waals surface area contributed by atoms with E-state index in [2.05, 4.69) is 15.0 Å². The highest BCUT2D eigenvalue weighted by atomic mass is 32.2. The molecule has 1 atom stereocenters. The van der Waals surface area contributed by atoms with Crippen LogP contribution in [0.5, 0.6) is 0 Å². The van der Waals surface area contributed by atoms with Gasteiger partial charge in [-0.15, -0.1) is 0 Å². The van der Waals surface area contributed by atoms with Crippen molar-refractivity contribution in [3.8, 4) is 0 Å². The van der Waals surface area contributed by atoms with Crippen molar-refractivity contribution in [2.24, 2.45) is 4.99 Å². The van der Waals surface area contributed by atoms with Crippen LogP contribution in [0.4, 0.5) is 0 Å². The molecule has 1 unspecified atom stereocenters. The summed E-state index contributed by atoms with van der Waals surface area (Å²) < 4.78 is 27.0. The quantitative estimate of drug-likeness (QED) is 0.697. The second-order valence-electron chi connectivity index (χ2n) is 8.23. The Balaban J connectivity index is 2.25. The van der Waals surface area contributed by atoms with Crippen LogP contribution in [-0.2, 0) is 19.6 Å². The summed E-state index contributed by atoms with van der Waals surface area (Å²) in [6.45, 7) is 7.51. The Labute approximate surface area is 172 Å². The highest BCUT2D eigenvalue weighted by molar-refractivity contribution is 7.90. The average Bonchev–Trinajstić information content (AvgIpc) is 2.87. The fourth-order valence-corrected chi connectivity index (χ4v) is 4.27. The van der Waals surface area contributed by atoms with Crippen LogP contribution >= 0.6 is 0 Å². The van der Waals surface area contributed by atoms with Crippen molar-refractivity contribution in [2.75, 3.05) is 13.6 Å². The van der Waals surface area contributed by atoms with E-state index in [0.29, 0.717) is 12.0 Å². The Kier molecular flexibility index (Phi) is 7.05. The summed E-state index contributed by atoms with van der Waals surface area (Å²) >= 11 is 0. The van der Waals surface area contributed by atoms with E-state index in [1.54, 1.807) is 25.2 Å². The van der Waals surface area contributed by atoms with E-state index in [-0.39, 0.29) is 29.1 Å². The molecule has 1 heterocycles. The van der Waals surface area contributed by atoms with Gasteiger partial charge in [0.1, 0.15) is 11.9 Å². The lowest BCUT2D eigenvalue weighted by molar-refractivity contribution is -0.136. The van der Waals surface area contributed by atoms with Gasteiger partial charge >= 0.3 is 0 Å². The van der Waals surface area contributed by atoms with Gasteiger partial charge in [0.15, 0.2) is 0 Å². The third-order valence-corrected chi connectivity index (χ3v) is 5.73. The number of hydrogen-bond donors (Lipinski definition) is 2. The second-order valence-corrected chi connectivity index (χ2v) is 9.88. The predicted octanol–water partition coefficient (Wildman–Crippen LogP) is 1.66. The molecule has 0 bridgehead atoms. The van der Waals surface area contributed by atoms with Crippen molar-refractivity contribution < 1.29 is 18.0 Å². The Hall–Kier alpha value is -2.42. The lowest BCUT2D eigenvalue weighted by Gasteiger charge is -2.25. The zero-order valence-corrected chi connectivity index (χ0v) is 18.5. The Morgan fingerprint density at radius 2 is 1.90 bits per heavy atom. The molecule has 2 amide bonds. The molecule has 8 nitrogen and oxygen atoms in total.